The molecule has 0 aliphatic rings. The van der Waals surface area contributed by atoms with Crippen molar-refractivity contribution in [1.82, 2.24) is 0 Å². The minimum Gasteiger partial charge on any atom is -0.244 e. The summed E-state index contributed by atoms with van der Waals surface area (Å²) in [4.78, 5) is 0. The normalized spacial score (nSPS) is 12.0. The summed E-state index contributed by atoms with van der Waals surface area (Å²) in [5, 5.41) is 0. The van der Waals surface area contributed by atoms with Crippen LogP contribution in [0.4, 0.5) is 13.2 Å². The number of hydrogen-bond acceptors (Lipinski definition) is 0. The van der Waals surface area contributed by atoms with Crippen LogP contribution in [0.5, 0.6) is 0 Å². The Morgan fingerprint density at radius 2 is 1.86 bits per heavy atom. The fourth-order valence-corrected chi connectivity index (χ4v) is 0.240. The first-order chi connectivity index (χ1) is 3.12. The first-order valence-corrected chi connectivity index (χ1v) is 3.15. The molecule has 0 spiro atoms. The molecule has 0 aromatic carbocycles. The SMILES string of the molecule is FCC(F)(F)CI. The van der Waals surface area contributed by atoms with Crippen LogP contribution in [-0.2, 0) is 0 Å². The smallest absolute Gasteiger partial charge is 0.244 e. The van der Waals surface area contributed by atoms with E-state index in [2.05, 4.69) is 0 Å². The maximum Gasteiger partial charge on any atom is 0.284 e. The molecule has 0 fully saturated rings. The maximum absolute atomic E-state index is 11.5. The summed E-state index contributed by atoms with van der Waals surface area (Å²) in [6.07, 6.45) is 0. The van der Waals surface area contributed by atoms with E-state index in [1.54, 1.807) is 0 Å². The van der Waals surface area contributed by atoms with E-state index in [9.17, 15) is 13.2 Å². The van der Waals surface area contributed by atoms with E-state index in [0.717, 1.165) is 0 Å². The molecule has 0 rings (SSSR count). The average Bonchev–Trinajstić information content (AvgIpc) is 1.68. The zero-order valence-electron chi connectivity index (χ0n) is 3.43. The van der Waals surface area contributed by atoms with Crippen LogP contribution in [0, 0.1) is 0 Å². The van der Waals surface area contributed by atoms with Gasteiger partial charge in [0.05, 0.1) is 4.43 Å². The van der Waals surface area contributed by atoms with Gasteiger partial charge in [-0.1, -0.05) is 22.6 Å². The summed E-state index contributed by atoms with van der Waals surface area (Å²) in [6, 6.07) is 0. The molecule has 0 bridgehead atoms. The Kier molecular flexibility index (Phi) is 2.94. The predicted octanol–water partition coefficient (Wildman–Crippen LogP) is 2.03. The topological polar surface area (TPSA) is 0 Å². The van der Waals surface area contributed by atoms with Gasteiger partial charge in [-0.3, -0.25) is 0 Å². The van der Waals surface area contributed by atoms with Crippen LogP contribution in [-0.4, -0.2) is 17.0 Å². The molecule has 0 N–H and O–H groups in total. The molecule has 0 aromatic rings. The summed E-state index contributed by atoms with van der Waals surface area (Å²) < 4.78 is 33.6. The van der Waals surface area contributed by atoms with E-state index in [-0.39, 0.29) is 0 Å². The number of rotatable bonds is 2. The van der Waals surface area contributed by atoms with E-state index in [1.165, 1.54) is 22.6 Å². The van der Waals surface area contributed by atoms with E-state index in [1.807, 2.05) is 0 Å². The minimum absolute atomic E-state index is 0.443. The Morgan fingerprint density at radius 3 is 1.86 bits per heavy atom. The third kappa shape index (κ3) is 3.13. The molecule has 0 aliphatic heterocycles. The molecule has 0 atom stereocenters. The third-order valence-corrected chi connectivity index (χ3v) is 1.51. The van der Waals surface area contributed by atoms with Crippen LogP contribution in [0.15, 0.2) is 0 Å². The lowest BCUT2D eigenvalue weighted by Gasteiger charge is -2.04. The number of hydrogen-bond donors (Lipinski definition) is 0. The molecule has 0 radical (unpaired) electrons. The average molecular weight is 224 g/mol. The van der Waals surface area contributed by atoms with Crippen molar-refractivity contribution in [3.8, 4) is 0 Å². The van der Waals surface area contributed by atoms with Crippen LogP contribution in [0.1, 0.15) is 0 Å². The van der Waals surface area contributed by atoms with Gasteiger partial charge < -0.3 is 0 Å². The Labute approximate surface area is 53.2 Å². The van der Waals surface area contributed by atoms with Crippen molar-refractivity contribution in [3.05, 3.63) is 0 Å². The zero-order valence-corrected chi connectivity index (χ0v) is 5.58. The first-order valence-electron chi connectivity index (χ1n) is 1.62. The van der Waals surface area contributed by atoms with Crippen LogP contribution in [0.3, 0.4) is 0 Å². The molecule has 0 nitrogen and oxygen atoms in total. The fourth-order valence-electron chi connectivity index (χ4n) is 0.0357. The molecule has 0 saturated carbocycles. The highest BCUT2D eigenvalue weighted by Gasteiger charge is 2.26. The van der Waals surface area contributed by atoms with Crippen molar-refractivity contribution in [2.75, 3.05) is 11.1 Å². The zero-order chi connectivity index (χ0) is 5.91. The van der Waals surface area contributed by atoms with Gasteiger partial charge in [-0.25, -0.2) is 13.2 Å². The van der Waals surface area contributed by atoms with Gasteiger partial charge in [0.2, 0.25) is 0 Å². The van der Waals surface area contributed by atoms with Crippen LogP contribution < -0.4 is 0 Å². The summed E-state index contributed by atoms with van der Waals surface area (Å²) >= 11 is 1.44. The standard InChI is InChI=1S/C3H4F3I/c4-1-3(5,6)2-7/h1-2H2. The maximum atomic E-state index is 11.5. The largest absolute Gasteiger partial charge is 0.284 e. The lowest BCUT2D eigenvalue weighted by Crippen LogP contribution is -2.19. The summed E-state index contributed by atoms with van der Waals surface area (Å²) in [7, 11) is 0. The van der Waals surface area contributed by atoms with Crippen LogP contribution in [0.2, 0.25) is 0 Å². The van der Waals surface area contributed by atoms with Crippen molar-refractivity contribution in [2.45, 2.75) is 5.92 Å². The molecular weight excluding hydrogens is 220 g/mol. The van der Waals surface area contributed by atoms with Gasteiger partial charge in [0, 0.05) is 0 Å². The molecular formula is C3H4F3I. The van der Waals surface area contributed by atoms with Crippen molar-refractivity contribution in [1.29, 1.82) is 0 Å². The lowest BCUT2D eigenvalue weighted by molar-refractivity contribution is 0.00507. The van der Waals surface area contributed by atoms with E-state index < -0.39 is 17.0 Å². The van der Waals surface area contributed by atoms with E-state index in [4.69, 9.17) is 0 Å². The van der Waals surface area contributed by atoms with Gasteiger partial charge in [-0.15, -0.1) is 0 Å². The molecule has 44 valence electrons. The van der Waals surface area contributed by atoms with Gasteiger partial charge in [0.25, 0.3) is 5.92 Å². The monoisotopic (exact) mass is 224 g/mol. The molecule has 0 aromatic heterocycles. The molecule has 4 heteroatoms. The van der Waals surface area contributed by atoms with Gasteiger partial charge in [-0.05, 0) is 0 Å². The van der Waals surface area contributed by atoms with Crippen LogP contribution in [0.25, 0.3) is 0 Å². The Balaban J connectivity index is 3.36. The minimum atomic E-state index is -3.10. The highest BCUT2D eigenvalue weighted by molar-refractivity contribution is 14.1. The van der Waals surface area contributed by atoms with Gasteiger partial charge in [-0.2, -0.15) is 0 Å². The fraction of sp³-hybridized carbons (Fsp3) is 1.00. The molecule has 0 aliphatic carbocycles. The number of halogens is 4. The Hall–Kier alpha value is 0.520. The lowest BCUT2D eigenvalue weighted by atomic mass is 10.4. The van der Waals surface area contributed by atoms with Crippen molar-refractivity contribution in [3.63, 3.8) is 0 Å². The molecule has 0 heterocycles. The van der Waals surface area contributed by atoms with Gasteiger partial charge in [0.15, 0.2) is 6.67 Å². The summed E-state index contributed by atoms with van der Waals surface area (Å²) in [5.41, 5.74) is 0. The van der Waals surface area contributed by atoms with Crippen molar-refractivity contribution >= 4 is 22.6 Å². The van der Waals surface area contributed by atoms with Crippen LogP contribution >= 0.6 is 22.6 Å². The van der Waals surface area contributed by atoms with Gasteiger partial charge >= 0.3 is 0 Å². The summed E-state index contributed by atoms with van der Waals surface area (Å²) in [5.74, 6) is -3.10. The van der Waals surface area contributed by atoms with Crippen molar-refractivity contribution in [2.24, 2.45) is 0 Å². The summed E-state index contributed by atoms with van der Waals surface area (Å²) in [6.45, 7) is -1.55. The third-order valence-electron chi connectivity index (χ3n) is 0.391. The molecule has 0 unspecified atom stereocenters. The van der Waals surface area contributed by atoms with Crippen molar-refractivity contribution < 1.29 is 13.2 Å². The second-order valence-corrected chi connectivity index (χ2v) is 1.89. The second kappa shape index (κ2) is 2.74. The molecule has 0 amide bonds. The number of alkyl halides is 4. The van der Waals surface area contributed by atoms with E-state index in [0.29, 0.717) is 0 Å². The second-order valence-electron chi connectivity index (χ2n) is 1.12. The Bertz CT molecular complexity index is 48.1. The highest BCUT2D eigenvalue weighted by atomic mass is 127. The molecule has 0 saturated heterocycles. The molecule has 7 heavy (non-hydrogen) atoms. The first kappa shape index (κ1) is 7.52. The highest BCUT2D eigenvalue weighted by Crippen LogP contribution is 2.15. The quantitative estimate of drug-likeness (QED) is 0.497. The van der Waals surface area contributed by atoms with Gasteiger partial charge in [0.1, 0.15) is 0 Å². The Morgan fingerprint density at radius 1 is 1.43 bits per heavy atom. The van der Waals surface area contributed by atoms with E-state index >= 15 is 0 Å². The predicted molar refractivity (Wildman–Crippen MR) is 29.8 cm³/mol.